The molecule has 0 saturated carbocycles. The SMILES string of the molecule is COc1ccc(-c2nc(-c3ccc(O)cc3)[nH]c2-c2ccc(C)cc2)cc1.Ic1cccc(-c2nc(-c3c[nH]c4ccccc34)[nH]c2-c2cccc(I)c2)c1.O=C(O)c1ccc(-c2nc(-c3ccccc3)c(-c3ccc(Br)cc3)[nH]2)cc1.Oc1ccc(-c2nc(-c3ccccc3)c(-c3ccc(Br)cc3)[nH]2)cc1.c1ccc(-c2[nH]c(-c3c[nH]c4ccccc34)nc2-c2ccc3ccccc3c2)cc1. The summed E-state index contributed by atoms with van der Waals surface area (Å²) in [6.07, 6.45) is 4.06. The van der Waals surface area contributed by atoms with Crippen LogP contribution in [0.25, 0.3) is 202 Å². The maximum atomic E-state index is 11.1. The molecule has 0 saturated heterocycles. The van der Waals surface area contributed by atoms with E-state index in [0.29, 0.717) is 5.82 Å². The lowest BCUT2D eigenvalue weighted by atomic mass is 10.0. The molecule has 10 N–H and O–H groups in total. The van der Waals surface area contributed by atoms with Crippen LogP contribution in [0.1, 0.15) is 15.9 Å². The molecule has 0 fully saturated rings. The number of phenols is 2. The number of aromatic nitrogens is 12. The number of benzene rings is 16. The fourth-order valence-corrected chi connectivity index (χ4v) is 17.9. The molecule has 0 aliphatic heterocycles. The highest BCUT2D eigenvalue weighted by molar-refractivity contribution is 14.1. The average molecular weight is 2140 g/mol. The molecule has 666 valence electrons. The minimum absolute atomic E-state index is 0.236. The van der Waals surface area contributed by atoms with Crippen LogP contribution in [0.3, 0.4) is 0 Å². The van der Waals surface area contributed by atoms with E-state index < -0.39 is 5.97 Å². The van der Waals surface area contributed by atoms with E-state index in [2.05, 4.69) is 319 Å². The third-order valence-corrected chi connectivity index (χ3v) is 25.7. The van der Waals surface area contributed by atoms with Gasteiger partial charge in [0.05, 0.1) is 69.6 Å². The average Bonchev–Trinajstić information content (AvgIpc) is 1.60. The van der Waals surface area contributed by atoms with Gasteiger partial charge in [-0.2, -0.15) is 0 Å². The molecule has 16 aromatic carbocycles. The summed E-state index contributed by atoms with van der Waals surface area (Å²) in [5.41, 5.74) is 28.8. The summed E-state index contributed by atoms with van der Waals surface area (Å²) in [7, 11) is 1.66. The maximum absolute atomic E-state index is 11.1. The van der Waals surface area contributed by atoms with E-state index in [1.54, 1.807) is 55.6 Å². The lowest BCUT2D eigenvalue weighted by Crippen LogP contribution is -1.95. The molecule has 0 aliphatic carbocycles. The molecule has 0 radical (unpaired) electrons. The summed E-state index contributed by atoms with van der Waals surface area (Å²) < 4.78 is 9.71. The molecular formula is C116H84Br2I2N12O5. The largest absolute Gasteiger partial charge is 0.508 e. The molecule has 23 aromatic rings. The lowest BCUT2D eigenvalue weighted by Gasteiger charge is -2.05. The molecule has 17 nitrogen and oxygen atoms in total. The van der Waals surface area contributed by atoms with Crippen molar-refractivity contribution in [2.75, 3.05) is 7.11 Å². The van der Waals surface area contributed by atoms with Gasteiger partial charge in [0.25, 0.3) is 0 Å². The predicted molar refractivity (Wildman–Crippen MR) is 578 cm³/mol. The number of halogens is 4. The molecule has 137 heavy (non-hydrogen) atoms. The van der Waals surface area contributed by atoms with Crippen molar-refractivity contribution in [3.8, 4) is 187 Å². The lowest BCUT2D eigenvalue weighted by molar-refractivity contribution is 0.0696. The number of aromatic carboxylic acids is 1. The number of hydrogen-bond donors (Lipinski definition) is 10. The molecular weight excluding hydrogens is 2050 g/mol. The predicted octanol–water partition coefficient (Wildman–Crippen LogP) is 31.3. The summed E-state index contributed by atoms with van der Waals surface area (Å²) in [4.78, 5) is 59.9. The standard InChI is InChI=1S/C27H19N3.C23H15I2N3.C23H20N2O2.C22H15BrN2O2.C21H15BrN2O/c1-2-9-19(10-3-1)25-26(21-15-14-18-8-4-5-11-20(18)16-21)30-27(29-25)23-17-28-24-13-7-6-12-22(23)24;24-16-7-3-5-14(11-16)21-22(15-6-4-8-17(25)12-15)28-23(27-21)19-13-26-20-10-2-1-9-18(19)20;1-15-3-5-16(6-4-15)21-22(17-9-13-20(27-2)14-10-17)25-23(24-21)18-7-11-19(26)12-8-18;23-18-12-10-15(11-13-18)20-19(14-4-2-1-3-5-14)24-21(25-20)16-6-8-17(9-7-16)22(26)27;22-17-10-6-15(7-11-17)20-19(14-4-2-1-3-5-14)23-21(24-20)16-8-12-18(25)13-9-16/h1-17,28H,(H,29,30);1-13,26H,(H,27,28);3-14,26H,1-2H3,(H,24,25);1-13H,(H,24,25)(H,26,27);1-13,25H,(H,23,24). The number of phenolic OH excluding ortho intramolecular Hbond substituents is 2. The van der Waals surface area contributed by atoms with Crippen LogP contribution < -0.4 is 4.74 Å². The molecule has 7 aromatic heterocycles. The van der Waals surface area contributed by atoms with Gasteiger partial charge in [0.15, 0.2) is 0 Å². The Morgan fingerprint density at radius 3 is 1.05 bits per heavy atom. The van der Waals surface area contributed by atoms with Crippen LogP contribution >= 0.6 is 77.0 Å². The summed E-state index contributed by atoms with van der Waals surface area (Å²) in [6.45, 7) is 2.07. The van der Waals surface area contributed by atoms with E-state index in [4.69, 9.17) is 34.8 Å². The van der Waals surface area contributed by atoms with Gasteiger partial charge in [0, 0.05) is 134 Å². The molecule has 0 bridgehead atoms. The van der Waals surface area contributed by atoms with Crippen LogP contribution in [-0.2, 0) is 0 Å². The third-order valence-electron chi connectivity index (χ3n) is 23.3. The van der Waals surface area contributed by atoms with E-state index in [9.17, 15) is 15.0 Å². The normalized spacial score (nSPS) is 11.0. The molecule has 0 unspecified atom stereocenters. The fourth-order valence-electron chi connectivity index (χ4n) is 16.3. The summed E-state index contributed by atoms with van der Waals surface area (Å²) in [5, 5.41) is 32.9. The Balaban J connectivity index is 0.000000110. The Morgan fingerprint density at radius 1 is 0.299 bits per heavy atom. The first kappa shape index (κ1) is 90.4. The number of rotatable bonds is 17. The Hall–Kier alpha value is -15.8. The van der Waals surface area contributed by atoms with Crippen molar-refractivity contribution in [1.29, 1.82) is 0 Å². The van der Waals surface area contributed by atoms with Crippen LogP contribution in [0.5, 0.6) is 17.2 Å². The van der Waals surface area contributed by atoms with Gasteiger partial charge in [0.1, 0.15) is 46.4 Å². The molecule has 0 aliphatic rings. The number of aryl methyl sites for hydroxylation is 1. The first-order valence-electron chi connectivity index (χ1n) is 44.0. The van der Waals surface area contributed by atoms with Crippen molar-refractivity contribution in [3.05, 3.63) is 440 Å². The first-order chi connectivity index (χ1) is 67.0. The van der Waals surface area contributed by atoms with Gasteiger partial charge in [-0.15, -0.1) is 0 Å². The number of fused-ring (bicyclic) bond motifs is 3. The van der Waals surface area contributed by atoms with Crippen LogP contribution in [0.4, 0.5) is 0 Å². The van der Waals surface area contributed by atoms with Crippen LogP contribution in [-0.4, -0.2) is 88.2 Å². The molecule has 21 heteroatoms. The molecule has 0 amide bonds. The van der Waals surface area contributed by atoms with Crippen LogP contribution in [0.15, 0.2) is 422 Å². The number of carboxylic acids is 1. The van der Waals surface area contributed by atoms with E-state index >= 15 is 0 Å². The van der Waals surface area contributed by atoms with Crippen molar-refractivity contribution in [2.45, 2.75) is 6.92 Å². The number of methoxy groups -OCH3 is 1. The summed E-state index contributed by atoms with van der Waals surface area (Å²) >= 11 is 11.6. The number of aromatic amines is 7. The number of imidazole rings is 5. The second kappa shape index (κ2) is 41.4. The van der Waals surface area contributed by atoms with Crippen molar-refractivity contribution in [1.82, 2.24) is 59.8 Å². The number of ether oxygens (including phenoxy) is 1. The number of aromatic hydroxyl groups is 2. The van der Waals surface area contributed by atoms with Crippen molar-refractivity contribution in [3.63, 3.8) is 0 Å². The number of carboxylic acid groups (broad SMARTS) is 1. The summed E-state index contributed by atoms with van der Waals surface area (Å²) in [5.74, 6) is 4.32. The van der Waals surface area contributed by atoms with Gasteiger partial charge in [-0.3, -0.25) is 0 Å². The second-order valence-electron chi connectivity index (χ2n) is 32.3. The topological polar surface area (TPSA) is 262 Å². The number of nitrogens with zero attached hydrogens (tertiary/aromatic N) is 5. The quantitative estimate of drug-likeness (QED) is 0.0386. The van der Waals surface area contributed by atoms with E-state index in [0.717, 1.165) is 195 Å². The van der Waals surface area contributed by atoms with E-state index in [1.165, 1.54) is 28.9 Å². The van der Waals surface area contributed by atoms with Gasteiger partial charge in [0.2, 0.25) is 0 Å². The number of nitrogens with one attached hydrogen (secondary N) is 7. The van der Waals surface area contributed by atoms with Crippen LogP contribution in [0, 0.1) is 14.1 Å². The molecule has 7 heterocycles. The monoisotopic (exact) mass is 2140 g/mol. The van der Waals surface area contributed by atoms with Crippen molar-refractivity contribution < 1.29 is 24.9 Å². The molecule has 0 atom stereocenters. The zero-order chi connectivity index (χ0) is 93.8. The minimum Gasteiger partial charge on any atom is -0.508 e. The second-order valence-corrected chi connectivity index (χ2v) is 36.6. The molecule has 23 rings (SSSR count). The van der Waals surface area contributed by atoms with Gasteiger partial charge < -0.3 is 54.9 Å². The van der Waals surface area contributed by atoms with Gasteiger partial charge in [-0.05, 0) is 215 Å². The minimum atomic E-state index is -0.943. The zero-order valence-corrected chi connectivity index (χ0v) is 81.2. The Morgan fingerprint density at radius 2 is 0.613 bits per heavy atom. The highest BCUT2D eigenvalue weighted by Gasteiger charge is 2.24. The maximum Gasteiger partial charge on any atom is 0.335 e. The summed E-state index contributed by atoms with van der Waals surface area (Å²) in [6, 6.07) is 132. The van der Waals surface area contributed by atoms with Gasteiger partial charge in [-0.25, -0.2) is 29.7 Å². The van der Waals surface area contributed by atoms with Crippen molar-refractivity contribution in [2.24, 2.45) is 0 Å². The van der Waals surface area contributed by atoms with E-state index in [-0.39, 0.29) is 17.1 Å². The fraction of sp³-hybridized carbons (Fsp3) is 0.0172. The zero-order valence-electron chi connectivity index (χ0n) is 73.7. The third kappa shape index (κ3) is 20.8. The Labute approximate surface area is 833 Å². The van der Waals surface area contributed by atoms with Gasteiger partial charge >= 0.3 is 5.97 Å². The van der Waals surface area contributed by atoms with Gasteiger partial charge in [-0.1, -0.05) is 286 Å². The number of H-pyrrole nitrogens is 7. The Kier molecular flexibility index (Phi) is 27.3. The Bertz CT molecular complexity index is 8080. The highest BCUT2D eigenvalue weighted by Crippen LogP contribution is 2.43. The van der Waals surface area contributed by atoms with Crippen molar-refractivity contribution >= 4 is 116 Å². The highest BCUT2D eigenvalue weighted by atomic mass is 127. The van der Waals surface area contributed by atoms with Crippen LogP contribution in [0.2, 0.25) is 0 Å². The number of para-hydroxylation sites is 2. The first-order valence-corrected chi connectivity index (χ1v) is 47.7. The number of hydrogen-bond acceptors (Lipinski definition) is 9. The smallest absolute Gasteiger partial charge is 0.335 e. The van der Waals surface area contributed by atoms with E-state index in [1.807, 2.05) is 164 Å². The molecule has 0 spiro atoms. The number of carbonyl (C=O) groups is 1.